The van der Waals surface area contributed by atoms with E-state index in [9.17, 15) is 14.7 Å². The van der Waals surface area contributed by atoms with Crippen LogP contribution in [0, 0.1) is 11.8 Å². The molecule has 1 aliphatic heterocycles. The highest BCUT2D eigenvalue weighted by Crippen LogP contribution is 2.30. The molecule has 35 heavy (non-hydrogen) atoms. The van der Waals surface area contributed by atoms with Crippen LogP contribution in [-0.2, 0) is 9.53 Å². The lowest BCUT2D eigenvalue weighted by atomic mass is 9.86. The van der Waals surface area contributed by atoms with Gasteiger partial charge in [-0.25, -0.2) is 9.78 Å². The van der Waals surface area contributed by atoms with Crippen LogP contribution in [0.2, 0.25) is 0 Å². The Bertz CT molecular complexity index is 872. The van der Waals surface area contributed by atoms with Gasteiger partial charge in [-0.05, 0) is 76.0 Å². The molecule has 3 rings (SSSR count). The third kappa shape index (κ3) is 8.50. The largest absolute Gasteiger partial charge is 0.477 e. The number of carbonyl (C=O) groups excluding carboxylic acids is 2. The van der Waals surface area contributed by atoms with E-state index in [1.807, 2.05) is 39.1 Å². The number of aromatic nitrogens is 1. The highest BCUT2D eigenvalue weighted by atomic mass is 16.6. The van der Waals surface area contributed by atoms with Crippen LogP contribution in [-0.4, -0.2) is 76.7 Å². The van der Waals surface area contributed by atoms with Gasteiger partial charge in [0, 0.05) is 37.8 Å². The minimum absolute atomic E-state index is 0.0661. The van der Waals surface area contributed by atoms with Crippen molar-refractivity contribution >= 4 is 17.6 Å². The Kier molecular flexibility index (Phi) is 9.51. The van der Waals surface area contributed by atoms with Crippen LogP contribution in [0.5, 0.6) is 5.88 Å². The number of ether oxygens (including phenoxy) is 2. The molecule has 0 aromatic carbocycles. The fourth-order valence-electron chi connectivity index (χ4n) is 4.23. The molecule has 194 valence electrons. The zero-order valence-electron chi connectivity index (χ0n) is 21.0. The number of amides is 2. The molecule has 2 amide bonds. The normalized spacial score (nSPS) is 20.1. The third-order valence-corrected chi connectivity index (χ3v) is 6.34. The summed E-state index contributed by atoms with van der Waals surface area (Å²) in [5.41, 5.74) is 1.71. The number of hydrogen-bond donors (Lipinski definition) is 3. The van der Waals surface area contributed by atoms with E-state index in [0.717, 1.165) is 36.8 Å². The van der Waals surface area contributed by atoms with Gasteiger partial charge in [0.05, 0.1) is 19.3 Å². The van der Waals surface area contributed by atoms with E-state index in [4.69, 9.17) is 14.6 Å². The van der Waals surface area contributed by atoms with Crippen molar-refractivity contribution in [1.82, 2.24) is 15.2 Å². The molecule has 9 nitrogen and oxygen atoms in total. The van der Waals surface area contributed by atoms with E-state index in [0.29, 0.717) is 37.9 Å². The molecule has 0 radical (unpaired) electrons. The molecule has 3 N–H and O–H groups in total. The number of carbonyl (C=O) groups is 2. The molecule has 0 spiro atoms. The molecule has 2 heterocycles. The SMILES string of the molecule is CC(C)(C)OC(=O)N1CCC(COc2ccc(C3=CCC(C(=O)NC[C@@H](O)CO)CC3)cn2)CC1. The lowest BCUT2D eigenvalue weighted by Gasteiger charge is -2.33. The molecule has 1 unspecified atom stereocenters. The summed E-state index contributed by atoms with van der Waals surface area (Å²) < 4.78 is 11.4. The fourth-order valence-corrected chi connectivity index (χ4v) is 4.23. The summed E-state index contributed by atoms with van der Waals surface area (Å²) in [6.07, 6.45) is 6.60. The second-order valence-corrected chi connectivity index (χ2v) is 10.4. The molecule has 1 aliphatic carbocycles. The number of nitrogens with zero attached hydrogens (tertiary/aromatic N) is 2. The van der Waals surface area contributed by atoms with Crippen molar-refractivity contribution in [3.05, 3.63) is 30.0 Å². The van der Waals surface area contributed by atoms with Crippen molar-refractivity contribution in [3.8, 4) is 5.88 Å². The summed E-state index contributed by atoms with van der Waals surface area (Å²) in [5.74, 6) is 0.741. The molecule has 2 atom stereocenters. The van der Waals surface area contributed by atoms with Crippen LogP contribution in [0.4, 0.5) is 4.79 Å². The summed E-state index contributed by atoms with van der Waals surface area (Å²) >= 11 is 0. The monoisotopic (exact) mass is 489 g/mol. The Morgan fingerprint density at radius 3 is 2.54 bits per heavy atom. The second-order valence-electron chi connectivity index (χ2n) is 10.4. The van der Waals surface area contributed by atoms with Gasteiger partial charge in [0.25, 0.3) is 0 Å². The first-order valence-electron chi connectivity index (χ1n) is 12.5. The smallest absolute Gasteiger partial charge is 0.410 e. The van der Waals surface area contributed by atoms with Gasteiger partial charge in [-0.1, -0.05) is 6.08 Å². The number of aliphatic hydroxyl groups excluding tert-OH is 2. The number of likely N-dealkylation sites (tertiary alicyclic amines) is 1. The molecule has 1 aromatic rings. The molecular formula is C26H39N3O6. The number of aliphatic hydroxyl groups is 2. The average molecular weight is 490 g/mol. The van der Waals surface area contributed by atoms with Crippen molar-refractivity contribution in [3.63, 3.8) is 0 Å². The van der Waals surface area contributed by atoms with Crippen LogP contribution in [0.1, 0.15) is 58.4 Å². The maximum absolute atomic E-state index is 12.2. The van der Waals surface area contributed by atoms with E-state index >= 15 is 0 Å². The second kappa shape index (κ2) is 12.4. The number of hydrogen-bond acceptors (Lipinski definition) is 7. The quantitative estimate of drug-likeness (QED) is 0.513. The summed E-state index contributed by atoms with van der Waals surface area (Å²) in [4.78, 5) is 30.6. The summed E-state index contributed by atoms with van der Waals surface area (Å²) in [6.45, 7) is 7.23. The Morgan fingerprint density at radius 1 is 1.23 bits per heavy atom. The van der Waals surface area contributed by atoms with E-state index in [1.165, 1.54) is 0 Å². The predicted molar refractivity (Wildman–Crippen MR) is 132 cm³/mol. The number of pyridine rings is 1. The van der Waals surface area contributed by atoms with Crippen molar-refractivity contribution in [1.29, 1.82) is 0 Å². The van der Waals surface area contributed by atoms with Gasteiger partial charge in [0.1, 0.15) is 5.60 Å². The van der Waals surface area contributed by atoms with Crippen molar-refractivity contribution in [2.45, 2.75) is 64.6 Å². The standard InChI is InChI=1S/C26H39N3O6/c1-26(2,3)35-25(33)29-12-10-18(11-13-29)17-34-23-9-8-21(14-27-23)19-4-6-20(7-5-19)24(32)28-15-22(31)16-30/h4,8-9,14,18,20,22,30-31H,5-7,10-13,15-17H2,1-3H3,(H,28,32)/t20?,22-/m1/s1. The van der Waals surface area contributed by atoms with Gasteiger partial charge in [-0.2, -0.15) is 0 Å². The summed E-state index contributed by atoms with van der Waals surface area (Å²) in [6, 6.07) is 3.87. The van der Waals surface area contributed by atoms with E-state index < -0.39 is 11.7 Å². The zero-order chi connectivity index (χ0) is 25.4. The first-order valence-corrected chi connectivity index (χ1v) is 12.5. The molecule has 1 saturated heterocycles. The molecule has 0 saturated carbocycles. The third-order valence-electron chi connectivity index (χ3n) is 6.34. The molecule has 2 aliphatic rings. The van der Waals surface area contributed by atoms with Crippen molar-refractivity contribution < 1.29 is 29.3 Å². The van der Waals surface area contributed by atoms with Crippen LogP contribution >= 0.6 is 0 Å². The van der Waals surface area contributed by atoms with Crippen molar-refractivity contribution in [2.24, 2.45) is 11.8 Å². The zero-order valence-corrected chi connectivity index (χ0v) is 21.0. The lowest BCUT2D eigenvalue weighted by Crippen LogP contribution is -2.42. The minimum atomic E-state index is -0.925. The Morgan fingerprint density at radius 2 is 1.97 bits per heavy atom. The maximum Gasteiger partial charge on any atom is 0.410 e. The minimum Gasteiger partial charge on any atom is -0.477 e. The fraction of sp³-hybridized carbons (Fsp3) is 0.654. The highest BCUT2D eigenvalue weighted by molar-refractivity contribution is 5.80. The first kappa shape index (κ1) is 26.9. The Labute approximate surface area is 207 Å². The van der Waals surface area contributed by atoms with Crippen molar-refractivity contribution in [2.75, 3.05) is 32.8 Å². The average Bonchev–Trinajstić information content (AvgIpc) is 2.85. The lowest BCUT2D eigenvalue weighted by molar-refractivity contribution is -0.125. The van der Waals surface area contributed by atoms with Gasteiger partial charge >= 0.3 is 6.09 Å². The van der Waals surface area contributed by atoms with Crippen LogP contribution in [0.15, 0.2) is 24.4 Å². The summed E-state index contributed by atoms with van der Waals surface area (Å²) in [5, 5.41) is 20.9. The van der Waals surface area contributed by atoms with Crippen LogP contribution in [0.25, 0.3) is 5.57 Å². The molecule has 9 heteroatoms. The first-order chi connectivity index (χ1) is 16.6. The van der Waals surface area contributed by atoms with Gasteiger partial charge in [0.2, 0.25) is 11.8 Å². The van der Waals surface area contributed by atoms with Gasteiger partial charge in [-0.15, -0.1) is 0 Å². The molecule has 1 fully saturated rings. The number of allylic oxidation sites excluding steroid dienone is 2. The van der Waals surface area contributed by atoms with E-state index in [-0.39, 0.29) is 31.1 Å². The molecule has 0 bridgehead atoms. The number of nitrogens with one attached hydrogen (secondary N) is 1. The van der Waals surface area contributed by atoms with Crippen LogP contribution < -0.4 is 10.1 Å². The van der Waals surface area contributed by atoms with Gasteiger partial charge < -0.3 is 29.9 Å². The van der Waals surface area contributed by atoms with E-state index in [2.05, 4.69) is 16.4 Å². The maximum atomic E-state index is 12.2. The highest BCUT2D eigenvalue weighted by Gasteiger charge is 2.27. The molecular weight excluding hydrogens is 450 g/mol. The molecule has 1 aromatic heterocycles. The predicted octanol–water partition coefficient (Wildman–Crippen LogP) is 2.76. The van der Waals surface area contributed by atoms with Gasteiger partial charge in [-0.3, -0.25) is 4.79 Å². The number of rotatable bonds is 8. The summed E-state index contributed by atoms with van der Waals surface area (Å²) in [7, 11) is 0. The Balaban J connectivity index is 1.40. The Hall–Kier alpha value is -2.65. The number of piperidine rings is 1. The topological polar surface area (TPSA) is 121 Å². The van der Waals surface area contributed by atoms with E-state index in [1.54, 1.807) is 4.90 Å². The van der Waals surface area contributed by atoms with Gasteiger partial charge in [0.15, 0.2) is 0 Å². The van der Waals surface area contributed by atoms with Crippen LogP contribution in [0.3, 0.4) is 0 Å².